The maximum absolute atomic E-state index is 10.0. The summed E-state index contributed by atoms with van der Waals surface area (Å²) in [5, 5.41) is 35.6. The second kappa shape index (κ2) is 7.67. The predicted octanol–water partition coefficient (Wildman–Crippen LogP) is 3.83. The molecule has 0 bridgehead atoms. The summed E-state index contributed by atoms with van der Waals surface area (Å²) in [7, 11) is 0. The van der Waals surface area contributed by atoms with Crippen molar-refractivity contribution in [1.82, 2.24) is 4.68 Å². The van der Waals surface area contributed by atoms with Crippen LogP contribution in [0.25, 0.3) is 11.3 Å². The minimum atomic E-state index is -0.569. The van der Waals surface area contributed by atoms with Crippen molar-refractivity contribution in [2.45, 2.75) is 26.8 Å². The molecule has 3 N–H and O–H groups in total. The number of phenols is 3. The maximum Gasteiger partial charge on any atom is 0.206 e. The number of phenolic OH excluding ortho intramolecular Hbond substituents is 3. The molecule has 0 atom stereocenters. The van der Waals surface area contributed by atoms with Crippen LogP contribution in [0.15, 0.2) is 51.9 Å². The SMILES string of the molecule is Cc1ccc(-c2csc(=NC(C)C)n2N=Cc2ccc(O)c(O)c2O)cc1. The average Bonchev–Trinajstić information content (AvgIpc) is 3.01. The Kier molecular flexibility index (Phi) is 5.32. The zero-order chi connectivity index (χ0) is 19.6. The Morgan fingerprint density at radius 3 is 2.37 bits per heavy atom. The van der Waals surface area contributed by atoms with Gasteiger partial charge in [0.1, 0.15) is 0 Å². The molecule has 6 nitrogen and oxygen atoms in total. The number of aromatic hydroxyl groups is 3. The Balaban J connectivity index is 2.12. The Labute approximate surface area is 161 Å². The summed E-state index contributed by atoms with van der Waals surface area (Å²) in [6, 6.07) is 11.0. The van der Waals surface area contributed by atoms with Gasteiger partial charge in [0.2, 0.25) is 10.6 Å². The number of thiazole rings is 1. The number of benzene rings is 2. The molecule has 1 aromatic heterocycles. The highest BCUT2D eigenvalue weighted by Crippen LogP contribution is 2.36. The molecule has 0 aliphatic heterocycles. The van der Waals surface area contributed by atoms with E-state index in [1.165, 1.54) is 35.2 Å². The van der Waals surface area contributed by atoms with Gasteiger partial charge < -0.3 is 15.3 Å². The maximum atomic E-state index is 10.0. The Morgan fingerprint density at radius 1 is 1.00 bits per heavy atom. The molecule has 0 fully saturated rings. The smallest absolute Gasteiger partial charge is 0.206 e. The van der Waals surface area contributed by atoms with Gasteiger partial charge in [-0.1, -0.05) is 29.8 Å². The van der Waals surface area contributed by atoms with Gasteiger partial charge in [-0.05, 0) is 32.9 Å². The summed E-state index contributed by atoms with van der Waals surface area (Å²) >= 11 is 1.48. The molecule has 0 saturated carbocycles. The largest absolute Gasteiger partial charge is 0.504 e. The first-order valence-electron chi connectivity index (χ1n) is 8.46. The molecule has 27 heavy (non-hydrogen) atoms. The van der Waals surface area contributed by atoms with Gasteiger partial charge in [-0.25, -0.2) is 4.68 Å². The van der Waals surface area contributed by atoms with Crippen LogP contribution in [0.1, 0.15) is 25.0 Å². The Bertz CT molecular complexity index is 1050. The van der Waals surface area contributed by atoms with Crippen molar-refractivity contribution in [3.63, 3.8) is 0 Å². The number of aryl methyl sites for hydroxylation is 1. The summed E-state index contributed by atoms with van der Waals surface area (Å²) in [5.74, 6) is -1.38. The van der Waals surface area contributed by atoms with Gasteiger partial charge in [-0.15, -0.1) is 11.3 Å². The third kappa shape index (κ3) is 4.03. The molecule has 0 aliphatic rings. The van der Waals surface area contributed by atoms with Crippen molar-refractivity contribution >= 4 is 17.6 Å². The van der Waals surface area contributed by atoms with Crippen LogP contribution in [0.4, 0.5) is 0 Å². The minimum Gasteiger partial charge on any atom is -0.504 e. The molecular formula is C20H21N3O3S. The van der Waals surface area contributed by atoms with Gasteiger partial charge in [-0.3, -0.25) is 4.99 Å². The third-order valence-electron chi connectivity index (χ3n) is 3.87. The van der Waals surface area contributed by atoms with Crippen molar-refractivity contribution in [1.29, 1.82) is 0 Å². The first-order chi connectivity index (χ1) is 12.9. The number of hydrogen-bond acceptors (Lipinski definition) is 6. The molecule has 3 rings (SSSR count). The number of aromatic nitrogens is 1. The molecule has 0 saturated heterocycles. The number of nitrogens with zero attached hydrogens (tertiary/aromatic N) is 3. The normalized spacial score (nSPS) is 12.4. The van der Waals surface area contributed by atoms with Crippen LogP contribution in [0.3, 0.4) is 0 Å². The first-order valence-corrected chi connectivity index (χ1v) is 9.34. The van der Waals surface area contributed by atoms with Gasteiger partial charge in [0.25, 0.3) is 0 Å². The minimum absolute atomic E-state index is 0.0992. The van der Waals surface area contributed by atoms with E-state index in [2.05, 4.69) is 10.1 Å². The molecule has 140 valence electrons. The van der Waals surface area contributed by atoms with Gasteiger partial charge >= 0.3 is 0 Å². The second-order valence-corrected chi connectivity index (χ2v) is 7.26. The topological polar surface area (TPSA) is 90.3 Å². The summed E-state index contributed by atoms with van der Waals surface area (Å²) in [5.41, 5.74) is 3.32. The fourth-order valence-corrected chi connectivity index (χ4v) is 3.42. The molecule has 7 heteroatoms. The predicted molar refractivity (Wildman–Crippen MR) is 108 cm³/mol. The summed E-state index contributed by atoms with van der Waals surface area (Å²) < 4.78 is 1.71. The highest BCUT2D eigenvalue weighted by molar-refractivity contribution is 7.07. The lowest BCUT2D eigenvalue weighted by molar-refractivity contribution is 0.367. The van der Waals surface area contributed by atoms with E-state index in [0.29, 0.717) is 0 Å². The summed E-state index contributed by atoms with van der Waals surface area (Å²) in [6.45, 7) is 6.01. The lowest BCUT2D eigenvalue weighted by Gasteiger charge is -2.06. The molecule has 0 unspecified atom stereocenters. The van der Waals surface area contributed by atoms with E-state index >= 15 is 0 Å². The molecule has 2 aromatic carbocycles. The van der Waals surface area contributed by atoms with E-state index in [4.69, 9.17) is 0 Å². The molecule has 1 heterocycles. The molecule has 0 spiro atoms. The highest BCUT2D eigenvalue weighted by atomic mass is 32.1. The van der Waals surface area contributed by atoms with Crippen LogP contribution >= 0.6 is 11.3 Å². The zero-order valence-electron chi connectivity index (χ0n) is 15.3. The van der Waals surface area contributed by atoms with Crippen molar-refractivity contribution in [3.05, 3.63) is 57.7 Å². The molecule has 0 amide bonds. The van der Waals surface area contributed by atoms with E-state index in [-0.39, 0.29) is 17.4 Å². The van der Waals surface area contributed by atoms with Gasteiger partial charge in [-0.2, -0.15) is 5.10 Å². The van der Waals surface area contributed by atoms with Crippen molar-refractivity contribution in [2.75, 3.05) is 0 Å². The van der Waals surface area contributed by atoms with E-state index < -0.39 is 11.5 Å². The van der Waals surface area contributed by atoms with Crippen LogP contribution in [-0.4, -0.2) is 32.3 Å². The Morgan fingerprint density at radius 2 is 1.70 bits per heavy atom. The molecule has 0 aliphatic carbocycles. The van der Waals surface area contributed by atoms with Crippen LogP contribution < -0.4 is 4.80 Å². The van der Waals surface area contributed by atoms with Gasteiger partial charge in [0.05, 0.1) is 11.9 Å². The van der Waals surface area contributed by atoms with E-state index in [1.807, 2.05) is 50.4 Å². The summed E-state index contributed by atoms with van der Waals surface area (Å²) in [6.07, 6.45) is 1.43. The van der Waals surface area contributed by atoms with Gasteiger partial charge in [0, 0.05) is 22.5 Å². The fraction of sp³-hybridized carbons (Fsp3) is 0.200. The van der Waals surface area contributed by atoms with Crippen LogP contribution in [0.2, 0.25) is 0 Å². The Hall–Kier alpha value is -3.06. The van der Waals surface area contributed by atoms with Crippen LogP contribution in [0, 0.1) is 6.92 Å². The lowest BCUT2D eigenvalue weighted by Crippen LogP contribution is -2.14. The molecular weight excluding hydrogens is 362 g/mol. The van der Waals surface area contributed by atoms with E-state index in [0.717, 1.165) is 16.1 Å². The number of rotatable bonds is 4. The van der Waals surface area contributed by atoms with E-state index in [9.17, 15) is 15.3 Å². The number of hydrogen-bond donors (Lipinski definition) is 3. The first kappa shape index (κ1) is 18.7. The van der Waals surface area contributed by atoms with Crippen molar-refractivity contribution in [2.24, 2.45) is 10.1 Å². The van der Waals surface area contributed by atoms with Crippen molar-refractivity contribution < 1.29 is 15.3 Å². The lowest BCUT2D eigenvalue weighted by atomic mass is 10.1. The van der Waals surface area contributed by atoms with Crippen LogP contribution in [0.5, 0.6) is 17.2 Å². The van der Waals surface area contributed by atoms with Gasteiger partial charge in [0.15, 0.2) is 11.5 Å². The zero-order valence-corrected chi connectivity index (χ0v) is 16.1. The molecule has 0 radical (unpaired) electrons. The third-order valence-corrected chi connectivity index (χ3v) is 4.71. The quantitative estimate of drug-likeness (QED) is 0.472. The standard InChI is InChI=1S/C20H21N3O3S/c1-12(2)22-20-23(16(11-27-20)14-6-4-13(3)5-7-14)21-10-15-8-9-17(24)19(26)18(15)25/h4-12,24-26H,1-3H3. The highest BCUT2D eigenvalue weighted by Gasteiger charge is 2.11. The van der Waals surface area contributed by atoms with Crippen molar-refractivity contribution in [3.8, 4) is 28.5 Å². The average molecular weight is 383 g/mol. The summed E-state index contributed by atoms with van der Waals surface area (Å²) in [4.78, 5) is 5.33. The van der Waals surface area contributed by atoms with Crippen LogP contribution in [-0.2, 0) is 0 Å². The molecule has 3 aromatic rings. The monoisotopic (exact) mass is 383 g/mol. The fourth-order valence-electron chi connectivity index (χ4n) is 2.45. The van der Waals surface area contributed by atoms with E-state index in [1.54, 1.807) is 4.68 Å². The second-order valence-electron chi connectivity index (χ2n) is 6.42.